The molecule has 0 heterocycles. The van der Waals surface area contributed by atoms with E-state index in [1.54, 1.807) is 14.1 Å². The summed E-state index contributed by atoms with van der Waals surface area (Å²) in [5, 5.41) is 19.1. The fraction of sp³-hybridized carbons (Fsp3) is 0.905. The number of likely N-dealkylation sites (N-methyl/N-ethyl adjacent to an activating group) is 1. The lowest BCUT2D eigenvalue weighted by Gasteiger charge is -2.51. The molecular formula is C21H42NO4+. The summed E-state index contributed by atoms with van der Waals surface area (Å²) in [6.45, 7) is 7.50. The summed E-state index contributed by atoms with van der Waals surface area (Å²) in [4.78, 5) is 23.4. The Kier molecular flexibility index (Phi) is 10.4. The van der Waals surface area contributed by atoms with Gasteiger partial charge in [-0.2, -0.15) is 0 Å². The quantitative estimate of drug-likeness (QED) is 0.239. The topological polar surface area (TPSA) is 74.6 Å². The molecule has 0 atom stereocenters. The molecule has 0 aliphatic heterocycles. The predicted molar refractivity (Wildman–Crippen MR) is 106 cm³/mol. The minimum atomic E-state index is -1.86. The second kappa shape index (κ2) is 10.9. The predicted octanol–water partition coefficient (Wildman–Crippen LogP) is 5.08. The molecule has 0 fully saturated rings. The number of carboxylic acid groups (broad SMARTS) is 2. The first-order chi connectivity index (χ1) is 11.9. The van der Waals surface area contributed by atoms with Crippen molar-refractivity contribution in [1.29, 1.82) is 0 Å². The Morgan fingerprint density at radius 2 is 1.08 bits per heavy atom. The van der Waals surface area contributed by atoms with E-state index in [1.165, 1.54) is 58.3 Å². The Morgan fingerprint density at radius 1 is 0.731 bits per heavy atom. The van der Waals surface area contributed by atoms with Crippen molar-refractivity contribution in [3.8, 4) is 0 Å². The molecule has 0 spiro atoms. The highest BCUT2D eigenvalue weighted by molar-refractivity contribution is 6.01. The maximum absolute atomic E-state index is 11.7. The molecule has 2 N–H and O–H groups in total. The standard InChI is InChI=1S/C21H41NO4/c1-7-8-9-10-11-12-13-14-15-16-17-20(2,3)22(5,6)21(4,18(23)24)19(25)26/h7-17H2,1-6H3,(H-,23,24,25,26)/p+1. The van der Waals surface area contributed by atoms with Crippen LogP contribution in [-0.2, 0) is 9.59 Å². The van der Waals surface area contributed by atoms with Crippen LogP contribution >= 0.6 is 0 Å². The van der Waals surface area contributed by atoms with E-state index in [2.05, 4.69) is 6.92 Å². The molecule has 5 nitrogen and oxygen atoms in total. The van der Waals surface area contributed by atoms with Crippen molar-refractivity contribution in [1.82, 2.24) is 0 Å². The third-order valence-electron chi connectivity index (χ3n) is 6.61. The first kappa shape index (κ1) is 24.9. The van der Waals surface area contributed by atoms with Gasteiger partial charge in [-0.25, -0.2) is 9.59 Å². The van der Waals surface area contributed by atoms with Crippen molar-refractivity contribution in [2.75, 3.05) is 14.1 Å². The first-order valence-corrected chi connectivity index (χ1v) is 10.3. The lowest BCUT2D eigenvalue weighted by atomic mass is 9.85. The highest BCUT2D eigenvalue weighted by Crippen LogP contribution is 2.35. The molecule has 0 aromatic carbocycles. The van der Waals surface area contributed by atoms with Crippen molar-refractivity contribution in [2.24, 2.45) is 0 Å². The molecule has 0 saturated carbocycles. The Hall–Kier alpha value is -1.10. The number of hydrogen-bond donors (Lipinski definition) is 2. The van der Waals surface area contributed by atoms with Crippen molar-refractivity contribution >= 4 is 11.9 Å². The van der Waals surface area contributed by atoms with Crippen LogP contribution in [0.15, 0.2) is 0 Å². The number of carbonyl (C=O) groups is 2. The van der Waals surface area contributed by atoms with Crippen molar-refractivity contribution in [3.63, 3.8) is 0 Å². The third kappa shape index (κ3) is 6.26. The molecule has 0 amide bonds. The molecule has 0 radical (unpaired) electrons. The minimum absolute atomic E-state index is 0.0813. The highest BCUT2D eigenvalue weighted by atomic mass is 16.4. The van der Waals surface area contributed by atoms with E-state index in [-0.39, 0.29) is 4.48 Å². The van der Waals surface area contributed by atoms with E-state index < -0.39 is 23.0 Å². The smallest absolute Gasteiger partial charge is 0.377 e. The number of aliphatic carboxylic acids is 2. The normalized spacial score (nSPS) is 13.0. The zero-order chi connectivity index (χ0) is 20.4. The molecular weight excluding hydrogens is 330 g/mol. The van der Waals surface area contributed by atoms with E-state index in [1.807, 2.05) is 13.8 Å². The number of hydrogen-bond acceptors (Lipinski definition) is 2. The fourth-order valence-electron chi connectivity index (χ4n) is 3.50. The zero-order valence-corrected chi connectivity index (χ0v) is 17.9. The summed E-state index contributed by atoms with van der Waals surface area (Å²) in [6, 6.07) is 0. The summed E-state index contributed by atoms with van der Waals surface area (Å²) in [6.07, 6.45) is 13.3. The van der Waals surface area contributed by atoms with E-state index in [9.17, 15) is 19.8 Å². The molecule has 5 heteroatoms. The van der Waals surface area contributed by atoms with Crippen molar-refractivity contribution in [2.45, 2.75) is 109 Å². The van der Waals surface area contributed by atoms with E-state index in [0.29, 0.717) is 0 Å². The van der Waals surface area contributed by atoms with Gasteiger partial charge in [0.05, 0.1) is 19.6 Å². The van der Waals surface area contributed by atoms with E-state index in [4.69, 9.17) is 0 Å². The van der Waals surface area contributed by atoms with Gasteiger partial charge in [-0.3, -0.25) is 0 Å². The van der Waals surface area contributed by atoms with Crippen LogP contribution in [0.5, 0.6) is 0 Å². The largest absolute Gasteiger partial charge is 0.476 e. The van der Waals surface area contributed by atoms with Crippen LogP contribution in [-0.4, -0.2) is 51.8 Å². The summed E-state index contributed by atoms with van der Waals surface area (Å²) in [5.74, 6) is -2.57. The molecule has 0 aliphatic carbocycles. The SMILES string of the molecule is CCCCCCCCCCCCC(C)(C)[N+](C)(C)C(C)(C(=O)O)C(=O)O. The molecule has 0 rings (SSSR count). The fourth-order valence-corrected chi connectivity index (χ4v) is 3.50. The summed E-state index contributed by atoms with van der Waals surface area (Å²) < 4.78 is -0.0813. The molecule has 0 bridgehead atoms. The van der Waals surface area contributed by atoms with Gasteiger partial charge in [0, 0.05) is 13.3 Å². The van der Waals surface area contributed by atoms with Gasteiger partial charge < -0.3 is 14.7 Å². The first-order valence-electron chi connectivity index (χ1n) is 10.3. The van der Waals surface area contributed by atoms with Gasteiger partial charge in [-0.1, -0.05) is 64.7 Å². The maximum atomic E-state index is 11.7. The number of nitrogens with zero attached hydrogens (tertiary/aromatic N) is 1. The monoisotopic (exact) mass is 372 g/mol. The molecule has 0 unspecified atom stereocenters. The summed E-state index contributed by atoms with van der Waals surface area (Å²) in [7, 11) is 3.44. The van der Waals surface area contributed by atoms with Crippen LogP contribution in [0.4, 0.5) is 0 Å². The van der Waals surface area contributed by atoms with Gasteiger partial charge in [-0.15, -0.1) is 0 Å². The van der Waals surface area contributed by atoms with E-state index in [0.717, 1.165) is 19.3 Å². The lowest BCUT2D eigenvalue weighted by molar-refractivity contribution is -0.966. The molecule has 0 aromatic rings. The molecule has 26 heavy (non-hydrogen) atoms. The van der Waals surface area contributed by atoms with Gasteiger partial charge in [0.2, 0.25) is 0 Å². The maximum Gasteiger partial charge on any atom is 0.377 e. The Labute approximate surface area is 160 Å². The van der Waals surface area contributed by atoms with Crippen LogP contribution < -0.4 is 0 Å². The zero-order valence-electron chi connectivity index (χ0n) is 17.9. The Balaban J connectivity index is 4.39. The van der Waals surface area contributed by atoms with Gasteiger partial charge in [0.1, 0.15) is 0 Å². The second-order valence-electron chi connectivity index (χ2n) is 8.88. The summed E-state index contributed by atoms with van der Waals surface area (Å²) >= 11 is 0. The van der Waals surface area contributed by atoms with Crippen LogP contribution in [0.25, 0.3) is 0 Å². The lowest BCUT2D eigenvalue weighted by Crippen LogP contribution is -2.73. The average molecular weight is 373 g/mol. The van der Waals surface area contributed by atoms with Gasteiger partial charge in [-0.05, 0) is 20.3 Å². The second-order valence-corrected chi connectivity index (χ2v) is 8.88. The highest BCUT2D eigenvalue weighted by Gasteiger charge is 2.61. The van der Waals surface area contributed by atoms with Crippen molar-refractivity contribution < 1.29 is 24.3 Å². The van der Waals surface area contributed by atoms with Gasteiger partial charge >= 0.3 is 11.9 Å². The van der Waals surface area contributed by atoms with Gasteiger partial charge in [0.15, 0.2) is 0 Å². The number of quaternary nitrogens is 1. The third-order valence-corrected chi connectivity index (χ3v) is 6.61. The van der Waals surface area contributed by atoms with E-state index >= 15 is 0 Å². The molecule has 154 valence electrons. The Bertz CT molecular complexity index is 429. The van der Waals surface area contributed by atoms with Crippen LogP contribution in [0.2, 0.25) is 0 Å². The van der Waals surface area contributed by atoms with Crippen molar-refractivity contribution in [3.05, 3.63) is 0 Å². The molecule has 0 aliphatic rings. The summed E-state index contributed by atoms with van der Waals surface area (Å²) in [5.41, 5.74) is -2.30. The van der Waals surface area contributed by atoms with Crippen LogP contribution in [0, 0.1) is 0 Å². The van der Waals surface area contributed by atoms with Gasteiger partial charge in [0.25, 0.3) is 5.54 Å². The number of unbranched alkanes of at least 4 members (excludes halogenated alkanes) is 9. The number of rotatable bonds is 15. The van der Waals surface area contributed by atoms with Crippen LogP contribution in [0.1, 0.15) is 98.3 Å². The molecule has 0 saturated heterocycles. The minimum Gasteiger partial charge on any atom is -0.476 e. The molecule has 0 aromatic heterocycles. The average Bonchev–Trinajstić information content (AvgIpc) is 2.54. The Morgan fingerprint density at radius 3 is 1.42 bits per heavy atom. The number of carboxylic acids is 2. The van der Waals surface area contributed by atoms with Crippen LogP contribution in [0.3, 0.4) is 0 Å².